The summed E-state index contributed by atoms with van der Waals surface area (Å²) in [5, 5.41) is 3.02. The third kappa shape index (κ3) is 8.04. The van der Waals surface area contributed by atoms with Crippen molar-refractivity contribution in [3.63, 3.8) is 0 Å². The fourth-order valence-corrected chi connectivity index (χ4v) is 5.62. The highest BCUT2D eigenvalue weighted by Gasteiger charge is 2.45. The number of carbonyl (C=O) groups is 2. The summed E-state index contributed by atoms with van der Waals surface area (Å²) in [5.74, 6) is -0.735. The maximum absolute atomic E-state index is 14.1. The van der Waals surface area contributed by atoms with E-state index in [1.807, 2.05) is 0 Å². The van der Waals surface area contributed by atoms with Crippen LogP contribution in [0.3, 0.4) is 0 Å². The number of rotatable bonds is 9. The number of nitrogens with zero attached hydrogens (tertiary/aromatic N) is 3. The average Bonchev–Trinajstić information content (AvgIpc) is 2.90. The van der Waals surface area contributed by atoms with Gasteiger partial charge < -0.3 is 20.5 Å². The lowest BCUT2D eigenvalue weighted by atomic mass is 10.0. The molecule has 42 heavy (non-hydrogen) atoms. The Hall–Kier alpha value is -4.03. The molecule has 0 aliphatic heterocycles. The number of sulfone groups is 1. The van der Waals surface area contributed by atoms with E-state index < -0.39 is 44.5 Å². The number of carbonyl (C=O) groups excluding carboxylic acids is 2. The molecule has 0 saturated heterocycles. The van der Waals surface area contributed by atoms with Crippen LogP contribution in [0.15, 0.2) is 71.9 Å². The molecule has 0 bridgehead atoms. The second kappa shape index (κ2) is 12.5. The number of benzene rings is 1. The molecule has 3 aromatic rings. The molecule has 11 nitrogen and oxygen atoms in total. The van der Waals surface area contributed by atoms with Crippen molar-refractivity contribution in [1.82, 2.24) is 9.97 Å². The van der Waals surface area contributed by atoms with Crippen LogP contribution >= 0.6 is 0 Å². The molecular formula is C30H39N5O6S. The van der Waals surface area contributed by atoms with Gasteiger partial charge in [0.1, 0.15) is 23.6 Å². The lowest BCUT2D eigenvalue weighted by Crippen LogP contribution is -2.48. The van der Waals surface area contributed by atoms with Crippen molar-refractivity contribution >= 4 is 33.4 Å². The summed E-state index contributed by atoms with van der Waals surface area (Å²) >= 11 is 0. The fourth-order valence-electron chi connectivity index (χ4n) is 4.00. The average molecular weight is 598 g/mol. The van der Waals surface area contributed by atoms with E-state index in [9.17, 15) is 18.0 Å². The number of aromatic nitrogens is 2. The number of amides is 1. The second-order valence-electron chi connectivity index (χ2n) is 11.7. The Bertz CT molecular complexity index is 1500. The standard InChI is InChI=1S/C30H39N5O6S/c1-28(2,3)40-26(36)20-35(27(37)41-29(4,5)6)25-12-8-11-24(34-25)30(31,18-21-13-15-22(32-7)16-14-21)42(38,39)23-10-9-17-33-19-23/h8-17,19,32H,18,20,31H2,1-7H3. The molecule has 0 fully saturated rings. The summed E-state index contributed by atoms with van der Waals surface area (Å²) in [6.45, 7) is 9.65. The molecule has 0 aliphatic rings. The summed E-state index contributed by atoms with van der Waals surface area (Å²) in [4.78, 5) is 33.4. The van der Waals surface area contributed by atoms with Gasteiger partial charge in [0.25, 0.3) is 0 Å². The van der Waals surface area contributed by atoms with Crippen LogP contribution < -0.4 is 16.0 Å². The Morgan fingerprint density at radius 3 is 2.12 bits per heavy atom. The van der Waals surface area contributed by atoms with Gasteiger partial charge in [0, 0.05) is 31.5 Å². The van der Waals surface area contributed by atoms with Gasteiger partial charge in [0.15, 0.2) is 4.87 Å². The number of anilines is 2. The minimum absolute atomic E-state index is 0.0330. The predicted octanol–water partition coefficient (Wildman–Crippen LogP) is 4.43. The van der Waals surface area contributed by atoms with Gasteiger partial charge in [-0.1, -0.05) is 18.2 Å². The van der Waals surface area contributed by atoms with E-state index in [4.69, 9.17) is 15.2 Å². The van der Waals surface area contributed by atoms with Gasteiger partial charge in [-0.15, -0.1) is 0 Å². The van der Waals surface area contributed by atoms with Gasteiger partial charge in [-0.3, -0.25) is 14.7 Å². The van der Waals surface area contributed by atoms with E-state index in [1.165, 1.54) is 42.7 Å². The van der Waals surface area contributed by atoms with Gasteiger partial charge in [0.05, 0.1) is 10.6 Å². The molecule has 0 saturated carbocycles. The van der Waals surface area contributed by atoms with E-state index in [2.05, 4.69) is 15.3 Å². The Kier molecular flexibility index (Phi) is 9.63. The lowest BCUT2D eigenvalue weighted by molar-refractivity contribution is -0.153. The first-order valence-electron chi connectivity index (χ1n) is 13.4. The zero-order chi connectivity index (χ0) is 31.3. The number of pyridine rings is 2. The zero-order valence-corrected chi connectivity index (χ0v) is 25.9. The van der Waals surface area contributed by atoms with Crippen LogP contribution in [0.4, 0.5) is 16.3 Å². The van der Waals surface area contributed by atoms with Crippen LogP contribution in [0.1, 0.15) is 52.8 Å². The quantitative estimate of drug-likeness (QED) is 0.339. The van der Waals surface area contributed by atoms with E-state index in [1.54, 1.807) is 72.9 Å². The molecule has 2 heterocycles. The highest BCUT2D eigenvalue weighted by atomic mass is 32.2. The van der Waals surface area contributed by atoms with Gasteiger partial charge in [0.2, 0.25) is 9.84 Å². The molecule has 1 unspecified atom stereocenters. The topological polar surface area (TPSA) is 154 Å². The van der Waals surface area contributed by atoms with Crippen molar-refractivity contribution in [3.8, 4) is 0 Å². The van der Waals surface area contributed by atoms with Crippen molar-refractivity contribution in [2.45, 2.75) is 68.9 Å². The third-order valence-electron chi connectivity index (χ3n) is 5.90. The van der Waals surface area contributed by atoms with Crippen LogP contribution in [0.2, 0.25) is 0 Å². The van der Waals surface area contributed by atoms with Crippen LogP contribution in [0.25, 0.3) is 0 Å². The molecule has 1 amide bonds. The number of nitrogens with two attached hydrogens (primary N) is 1. The fraction of sp³-hybridized carbons (Fsp3) is 0.400. The van der Waals surface area contributed by atoms with Crippen molar-refractivity contribution in [3.05, 3.63) is 78.2 Å². The highest BCUT2D eigenvalue weighted by molar-refractivity contribution is 7.92. The molecule has 0 aliphatic carbocycles. The molecule has 226 valence electrons. The Labute approximate surface area is 247 Å². The Morgan fingerprint density at radius 2 is 1.57 bits per heavy atom. The molecule has 1 aromatic carbocycles. The number of hydrogen-bond donors (Lipinski definition) is 2. The van der Waals surface area contributed by atoms with Gasteiger partial charge in [-0.2, -0.15) is 0 Å². The molecule has 1 atom stereocenters. The summed E-state index contributed by atoms with van der Waals surface area (Å²) in [6.07, 6.45) is 1.67. The SMILES string of the molecule is CNc1ccc(CC(N)(c2cccc(N(CC(=O)OC(C)(C)C)C(=O)OC(C)(C)C)n2)S(=O)(=O)c2cccnc2)cc1. The first-order chi connectivity index (χ1) is 19.4. The molecule has 0 spiro atoms. The number of esters is 1. The summed E-state index contributed by atoms with van der Waals surface area (Å²) in [7, 11) is -2.52. The molecule has 3 N–H and O–H groups in total. The van der Waals surface area contributed by atoms with E-state index in [0.717, 1.165) is 10.6 Å². The molecule has 2 aromatic heterocycles. The van der Waals surface area contributed by atoms with E-state index in [0.29, 0.717) is 5.56 Å². The van der Waals surface area contributed by atoms with Crippen LogP contribution in [0, 0.1) is 0 Å². The highest BCUT2D eigenvalue weighted by Crippen LogP contribution is 2.34. The lowest BCUT2D eigenvalue weighted by Gasteiger charge is -2.31. The van der Waals surface area contributed by atoms with Crippen LogP contribution in [-0.4, -0.2) is 55.2 Å². The van der Waals surface area contributed by atoms with Crippen molar-refractivity contribution in [1.29, 1.82) is 0 Å². The zero-order valence-electron chi connectivity index (χ0n) is 25.0. The Balaban J connectivity index is 2.16. The minimum atomic E-state index is -4.30. The van der Waals surface area contributed by atoms with Crippen LogP contribution in [-0.2, 0) is 35.4 Å². The Morgan fingerprint density at radius 1 is 0.929 bits per heavy atom. The van der Waals surface area contributed by atoms with E-state index in [-0.39, 0.29) is 22.8 Å². The first kappa shape index (κ1) is 32.5. The molecule has 3 rings (SSSR count). The summed E-state index contributed by atoms with van der Waals surface area (Å²) in [6, 6.07) is 14.5. The smallest absolute Gasteiger partial charge is 0.416 e. The van der Waals surface area contributed by atoms with Crippen molar-refractivity contribution in [2.24, 2.45) is 5.73 Å². The second-order valence-corrected chi connectivity index (χ2v) is 13.9. The van der Waals surface area contributed by atoms with Gasteiger partial charge in [-0.25, -0.2) is 18.2 Å². The van der Waals surface area contributed by atoms with Crippen LogP contribution in [0.5, 0.6) is 0 Å². The van der Waals surface area contributed by atoms with Gasteiger partial charge >= 0.3 is 12.1 Å². The van der Waals surface area contributed by atoms with Crippen molar-refractivity contribution < 1.29 is 27.5 Å². The first-order valence-corrected chi connectivity index (χ1v) is 14.8. The number of nitrogens with one attached hydrogen (secondary N) is 1. The monoisotopic (exact) mass is 597 g/mol. The minimum Gasteiger partial charge on any atom is -0.459 e. The van der Waals surface area contributed by atoms with E-state index >= 15 is 0 Å². The largest absolute Gasteiger partial charge is 0.459 e. The van der Waals surface area contributed by atoms with Crippen molar-refractivity contribution in [2.75, 3.05) is 23.8 Å². The number of ether oxygens (including phenoxy) is 2. The predicted molar refractivity (Wildman–Crippen MR) is 161 cm³/mol. The molecule has 12 heteroatoms. The summed E-state index contributed by atoms with van der Waals surface area (Å²) < 4.78 is 39.2. The maximum atomic E-state index is 14.1. The summed E-state index contributed by atoms with van der Waals surface area (Å²) in [5.41, 5.74) is 6.58. The number of hydrogen-bond acceptors (Lipinski definition) is 10. The normalized spacial score (nSPS) is 13.5. The maximum Gasteiger partial charge on any atom is 0.416 e. The third-order valence-corrected chi connectivity index (χ3v) is 8.07. The molecule has 0 radical (unpaired) electrons. The van der Waals surface area contributed by atoms with Gasteiger partial charge in [-0.05, 0) is 83.5 Å². The molecular weight excluding hydrogens is 558 g/mol.